The van der Waals surface area contributed by atoms with Crippen LogP contribution >= 0.6 is 0 Å². The third kappa shape index (κ3) is 3.28. The lowest BCUT2D eigenvalue weighted by Crippen LogP contribution is -2.37. The number of pyridine rings is 1. The Balaban J connectivity index is 1.98. The second-order valence-electron chi connectivity index (χ2n) is 4.60. The molecule has 18 heavy (non-hydrogen) atoms. The molecular weight excluding hydrogens is 250 g/mol. The molecule has 1 aromatic rings. The molecule has 1 aliphatic rings. The maximum absolute atomic E-state index is 12.1. The third-order valence-electron chi connectivity index (χ3n) is 3.08. The molecule has 0 bridgehead atoms. The molecule has 0 amide bonds. The summed E-state index contributed by atoms with van der Waals surface area (Å²) >= 11 is 0. The van der Waals surface area contributed by atoms with E-state index in [0.717, 1.165) is 32.5 Å². The molecule has 0 radical (unpaired) electrons. The van der Waals surface area contributed by atoms with E-state index in [1.807, 2.05) is 0 Å². The van der Waals surface area contributed by atoms with Crippen LogP contribution in [0, 0.1) is 0 Å². The van der Waals surface area contributed by atoms with Crippen molar-refractivity contribution in [1.82, 2.24) is 14.6 Å². The lowest BCUT2D eigenvalue weighted by atomic mass is 10.3. The predicted molar refractivity (Wildman–Crippen MR) is 69.7 cm³/mol. The van der Waals surface area contributed by atoms with Gasteiger partial charge in [0.05, 0.1) is 0 Å². The molecule has 5 nitrogen and oxygen atoms in total. The Morgan fingerprint density at radius 1 is 1.56 bits per heavy atom. The van der Waals surface area contributed by atoms with Gasteiger partial charge in [0.1, 0.15) is 4.90 Å². The Bertz CT molecular complexity index is 475. The first-order valence-electron chi connectivity index (χ1n) is 6.26. The zero-order valence-corrected chi connectivity index (χ0v) is 11.4. The maximum Gasteiger partial charge on any atom is 0.242 e. The smallest absolute Gasteiger partial charge is 0.242 e. The molecule has 2 rings (SSSR count). The van der Waals surface area contributed by atoms with E-state index in [-0.39, 0.29) is 10.9 Å². The van der Waals surface area contributed by atoms with E-state index in [2.05, 4.69) is 21.5 Å². The first-order chi connectivity index (χ1) is 8.62. The molecular formula is C12H19N3O2S. The fourth-order valence-corrected chi connectivity index (χ4v) is 3.47. The summed E-state index contributed by atoms with van der Waals surface area (Å²) in [6.07, 6.45) is 4.92. The van der Waals surface area contributed by atoms with Gasteiger partial charge in [0.15, 0.2) is 0 Å². The molecule has 1 unspecified atom stereocenters. The first-order valence-corrected chi connectivity index (χ1v) is 7.75. The van der Waals surface area contributed by atoms with Crippen LogP contribution in [0.3, 0.4) is 0 Å². The van der Waals surface area contributed by atoms with Gasteiger partial charge >= 0.3 is 0 Å². The minimum Gasteiger partial charge on any atom is -0.302 e. The van der Waals surface area contributed by atoms with Crippen LogP contribution in [0.25, 0.3) is 0 Å². The molecule has 0 aliphatic carbocycles. The summed E-state index contributed by atoms with van der Waals surface area (Å²) in [7, 11) is -3.42. The van der Waals surface area contributed by atoms with Gasteiger partial charge in [0, 0.05) is 25.0 Å². The van der Waals surface area contributed by atoms with Crippen molar-refractivity contribution in [2.24, 2.45) is 0 Å². The van der Waals surface area contributed by atoms with Gasteiger partial charge in [0.25, 0.3) is 0 Å². The predicted octanol–water partition coefficient (Wildman–Crippen LogP) is 0.844. The summed E-state index contributed by atoms with van der Waals surface area (Å²) in [5.41, 5.74) is 0. The maximum atomic E-state index is 12.1. The molecule has 1 aliphatic heterocycles. The zero-order chi connectivity index (χ0) is 13.0. The van der Waals surface area contributed by atoms with Crippen LogP contribution in [-0.2, 0) is 10.0 Å². The molecule has 1 fully saturated rings. The van der Waals surface area contributed by atoms with E-state index < -0.39 is 10.0 Å². The summed E-state index contributed by atoms with van der Waals surface area (Å²) in [4.78, 5) is 6.36. The third-order valence-corrected chi connectivity index (χ3v) is 4.58. The van der Waals surface area contributed by atoms with Gasteiger partial charge in [-0.2, -0.15) is 0 Å². The summed E-state index contributed by atoms with van der Waals surface area (Å²) in [6, 6.07) is 3.21. The molecule has 100 valence electrons. The van der Waals surface area contributed by atoms with Crippen molar-refractivity contribution >= 4 is 10.0 Å². The first kappa shape index (κ1) is 13.5. The lowest BCUT2D eigenvalue weighted by molar-refractivity contribution is 0.333. The number of aromatic nitrogens is 1. The largest absolute Gasteiger partial charge is 0.302 e. The average Bonchev–Trinajstić information content (AvgIpc) is 2.77. The van der Waals surface area contributed by atoms with Crippen LogP contribution in [0.5, 0.6) is 0 Å². The van der Waals surface area contributed by atoms with E-state index in [9.17, 15) is 8.42 Å². The SMILES string of the molecule is CCCN1CCC(NS(=O)(=O)c2cccnc2)C1. The fourth-order valence-electron chi connectivity index (χ4n) is 2.24. The second-order valence-corrected chi connectivity index (χ2v) is 6.31. The standard InChI is InChI=1S/C12H19N3O2S/c1-2-7-15-8-5-11(10-15)14-18(16,17)12-4-3-6-13-9-12/h3-4,6,9,11,14H,2,5,7-8,10H2,1H3. The van der Waals surface area contributed by atoms with Gasteiger partial charge in [-0.1, -0.05) is 6.92 Å². The number of nitrogens with one attached hydrogen (secondary N) is 1. The molecule has 1 saturated heterocycles. The van der Waals surface area contributed by atoms with Gasteiger partial charge < -0.3 is 4.90 Å². The summed E-state index contributed by atoms with van der Waals surface area (Å²) < 4.78 is 26.9. The molecule has 0 saturated carbocycles. The molecule has 1 atom stereocenters. The highest BCUT2D eigenvalue weighted by Crippen LogP contribution is 2.13. The van der Waals surface area contributed by atoms with Gasteiger partial charge in [-0.05, 0) is 38.1 Å². The number of rotatable bonds is 5. The zero-order valence-electron chi connectivity index (χ0n) is 10.5. The molecule has 6 heteroatoms. The molecule has 0 spiro atoms. The summed E-state index contributed by atoms with van der Waals surface area (Å²) in [5, 5.41) is 0. The van der Waals surface area contributed by atoms with Crippen molar-refractivity contribution in [3.05, 3.63) is 24.5 Å². The van der Waals surface area contributed by atoms with Crippen molar-refractivity contribution in [3.8, 4) is 0 Å². The van der Waals surface area contributed by atoms with E-state index in [0.29, 0.717) is 0 Å². The number of likely N-dealkylation sites (tertiary alicyclic amines) is 1. The summed E-state index contributed by atoms with van der Waals surface area (Å²) in [6.45, 7) is 4.93. The Hall–Kier alpha value is -0.980. The molecule has 1 aromatic heterocycles. The Labute approximate surface area is 108 Å². The lowest BCUT2D eigenvalue weighted by Gasteiger charge is -2.15. The van der Waals surface area contributed by atoms with E-state index >= 15 is 0 Å². The van der Waals surface area contributed by atoms with Crippen LogP contribution in [0.1, 0.15) is 19.8 Å². The van der Waals surface area contributed by atoms with Crippen molar-refractivity contribution in [3.63, 3.8) is 0 Å². The topological polar surface area (TPSA) is 62.3 Å². The minimum absolute atomic E-state index is 0.0155. The van der Waals surface area contributed by atoms with Crippen LogP contribution in [0.4, 0.5) is 0 Å². The highest BCUT2D eigenvalue weighted by Gasteiger charge is 2.26. The molecule has 1 N–H and O–H groups in total. The molecule has 0 aromatic carbocycles. The number of sulfonamides is 1. The summed E-state index contributed by atoms with van der Waals surface area (Å²) in [5.74, 6) is 0. The number of hydrogen-bond acceptors (Lipinski definition) is 4. The van der Waals surface area contributed by atoms with Crippen LogP contribution < -0.4 is 4.72 Å². The quantitative estimate of drug-likeness (QED) is 0.860. The second kappa shape index (κ2) is 5.77. The highest BCUT2D eigenvalue weighted by atomic mass is 32.2. The average molecular weight is 269 g/mol. The normalized spacial score (nSPS) is 21.3. The van der Waals surface area contributed by atoms with E-state index in [4.69, 9.17) is 0 Å². The van der Waals surface area contributed by atoms with Crippen molar-refractivity contribution in [2.45, 2.75) is 30.7 Å². The highest BCUT2D eigenvalue weighted by molar-refractivity contribution is 7.89. The van der Waals surface area contributed by atoms with Crippen LogP contribution in [0.15, 0.2) is 29.4 Å². The number of hydrogen-bond donors (Lipinski definition) is 1. The van der Waals surface area contributed by atoms with Gasteiger partial charge in [-0.15, -0.1) is 0 Å². The van der Waals surface area contributed by atoms with E-state index in [1.54, 1.807) is 18.3 Å². The van der Waals surface area contributed by atoms with Gasteiger partial charge in [0.2, 0.25) is 10.0 Å². The Morgan fingerprint density at radius 2 is 2.39 bits per heavy atom. The van der Waals surface area contributed by atoms with Crippen LogP contribution in [-0.4, -0.2) is 44.0 Å². The van der Waals surface area contributed by atoms with Gasteiger partial charge in [-0.3, -0.25) is 4.98 Å². The molecule has 2 heterocycles. The van der Waals surface area contributed by atoms with Gasteiger partial charge in [-0.25, -0.2) is 13.1 Å². The van der Waals surface area contributed by atoms with E-state index in [1.165, 1.54) is 6.20 Å². The Kier molecular flexibility index (Phi) is 4.31. The fraction of sp³-hybridized carbons (Fsp3) is 0.583. The number of nitrogens with zero attached hydrogens (tertiary/aromatic N) is 2. The Morgan fingerprint density at radius 3 is 3.06 bits per heavy atom. The van der Waals surface area contributed by atoms with Crippen molar-refractivity contribution < 1.29 is 8.42 Å². The monoisotopic (exact) mass is 269 g/mol. The van der Waals surface area contributed by atoms with Crippen molar-refractivity contribution in [2.75, 3.05) is 19.6 Å². The van der Waals surface area contributed by atoms with Crippen molar-refractivity contribution in [1.29, 1.82) is 0 Å². The van der Waals surface area contributed by atoms with Crippen LogP contribution in [0.2, 0.25) is 0 Å². The minimum atomic E-state index is -3.42.